The lowest BCUT2D eigenvalue weighted by Crippen LogP contribution is -2.06. The Bertz CT molecular complexity index is 761. The molecule has 0 bridgehead atoms. The van der Waals surface area contributed by atoms with E-state index in [0.29, 0.717) is 12.3 Å². The number of rotatable bonds is 4. The third-order valence-corrected chi connectivity index (χ3v) is 3.31. The molecule has 3 rings (SSSR count). The molecule has 0 fully saturated rings. The summed E-state index contributed by atoms with van der Waals surface area (Å²) >= 11 is 0. The van der Waals surface area contributed by atoms with Gasteiger partial charge in [-0.25, -0.2) is 9.48 Å². The molecular formula is C18H16N2O2. The zero-order chi connectivity index (χ0) is 15.4. The molecule has 110 valence electrons. The van der Waals surface area contributed by atoms with Gasteiger partial charge in [0.2, 0.25) is 0 Å². The number of carbonyl (C=O) groups is 1. The fraction of sp³-hybridized carbons (Fsp3) is 0.111. The minimum Gasteiger partial charge on any atom is -0.461 e. The molecule has 0 saturated heterocycles. The zero-order valence-electron chi connectivity index (χ0n) is 12.3. The molecule has 4 nitrogen and oxygen atoms in total. The molecule has 0 radical (unpaired) electrons. The number of carbonyl (C=O) groups excluding carboxylic acids is 1. The van der Waals surface area contributed by atoms with Crippen LogP contribution in [0.3, 0.4) is 0 Å². The maximum atomic E-state index is 11.6. The first kappa shape index (κ1) is 14.1. The Morgan fingerprint density at radius 2 is 1.68 bits per heavy atom. The maximum Gasteiger partial charge on any atom is 0.358 e. The number of nitrogens with zero attached hydrogens (tertiary/aromatic N) is 2. The molecule has 0 aliphatic heterocycles. The first-order valence-electron chi connectivity index (χ1n) is 7.16. The molecule has 0 unspecified atom stereocenters. The van der Waals surface area contributed by atoms with Gasteiger partial charge < -0.3 is 4.74 Å². The van der Waals surface area contributed by atoms with Crippen LogP contribution < -0.4 is 0 Å². The standard InChI is InChI=1S/C18H16N2O2/c1-2-22-18(21)17-12-13-20(19-17)16-10-8-15(9-11-16)14-6-4-3-5-7-14/h3-13H,2H2,1H3. The Morgan fingerprint density at radius 1 is 1.00 bits per heavy atom. The van der Waals surface area contributed by atoms with Crippen LogP contribution in [0.1, 0.15) is 17.4 Å². The highest BCUT2D eigenvalue weighted by Crippen LogP contribution is 2.20. The number of hydrogen-bond acceptors (Lipinski definition) is 3. The molecule has 0 spiro atoms. The van der Waals surface area contributed by atoms with Gasteiger partial charge in [-0.2, -0.15) is 5.10 Å². The van der Waals surface area contributed by atoms with Crippen molar-refractivity contribution in [3.05, 3.63) is 72.6 Å². The summed E-state index contributed by atoms with van der Waals surface area (Å²) in [6.45, 7) is 2.12. The summed E-state index contributed by atoms with van der Waals surface area (Å²) in [6.07, 6.45) is 1.75. The van der Waals surface area contributed by atoms with Gasteiger partial charge >= 0.3 is 5.97 Å². The maximum absolute atomic E-state index is 11.6. The third kappa shape index (κ3) is 2.91. The summed E-state index contributed by atoms with van der Waals surface area (Å²) in [5.74, 6) is -0.401. The molecule has 0 amide bonds. The van der Waals surface area contributed by atoms with Gasteiger partial charge in [-0.3, -0.25) is 0 Å². The Kier molecular flexibility index (Phi) is 4.01. The van der Waals surface area contributed by atoms with Crippen LogP contribution in [0.15, 0.2) is 66.9 Å². The Balaban J connectivity index is 1.83. The summed E-state index contributed by atoms with van der Waals surface area (Å²) in [4.78, 5) is 11.6. The molecule has 2 aromatic carbocycles. The molecular weight excluding hydrogens is 276 g/mol. The van der Waals surface area contributed by atoms with Gasteiger partial charge in [0, 0.05) is 6.20 Å². The summed E-state index contributed by atoms with van der Waals surface area (Å²) in [6, 6.07) is 19.9. The highest BCUT2D eigenvalue weighted by atomic mass is 16.5. The van der Waals surface area contributed by atoms with E-state index in [1.807, 2.05) is 42.5 Å². The summed E-state index contributed by atoms with van der Waals surface area (Å²) in [7, 11) is 0. The number of esters is 1. The SMILES string of the molecule is CCOC(=O)c1ccn(-c2ccc(-c3ccccc3)cc2)n1. The molecule has 0 saturated carbocycles. The van der Waals surface area contributed by atoms with Crippen molar-refractivity contribution in [2.24, 2.45) is 0 Å². The van der Waals surface area contributed by atoms with E-state index < -0.39 is 5.97 Å². The van der Waals surface area contributed by atoms with Gasteiger partial charge in [0.15, 0.2) is 5.69 Å². The lowest BCUT2D eigenvalue weighted by atomic mass is 10.1. The van der Waals surface area contributed by atoms with Crippen LogP contribution >= 0.6 is 0 Å². The van der Waals surface area contributed by atoms with E-state index in [2.05, 4.69) is 17.2 Å². The lowest BCUT2D eigenvalue weighted by molar-refractivity contribution is 0.0519. The van der Waals surface area contributed by atoms with Crippen molar-refractivity contribution in [3.8, 4) is 16.8 Å². The van der Waals surface area contributed by atoms with Crippen molar-refractivity contribution in [2.45, 2.75) is 6.92 Å². The monoisotopic (exact) mass is 292 g/mol. The van der Waals surface area contributed by atoms with E-state index >= 15 is 0 Å². The van der Waals surface area contributed by atoms with Gasteiger partial charge in [-0.1, -0.05) is 42.5 Å². The second-order valence-corrected chi connectivity index (χ2v) is 4.78. The van der Waals surface area contributed by atoms with Crippen LogP contribution in [0.25, 0.3) is 16.8 Å². The van der Waals surface area contributed by atoms with Gasteiger partial charge in [0.05, 0.1) is 12.3 Å². The quantitative estimate of drug-likeness (QED) is 0.688. The van der Waals surface area contributed by atoms with Gasteiger partial charge in [-0.15, -0.1) is 0 Å². The topological polar surface area (TPSA) is 44.1 Å². The number of ether oxygens (including phenoxy) is 1. The van der Waals surface area contributed by atoms with E-state index in [9.17, 15) is 4.79 Å². The Morgan fingerprint density at radius 3 is 2.36 bits per heavy atom. The van der Waals surface area contributed by atoms with E-state index in [-0.39, 0.29) is 0 Å². The van der Waals surface area contributed by atoms with E-state index in [1.165, 1.54) is 5.56 Å². The molecule has 0 N–H and O–H groups in total. The van der Waals surface area contributed by atoms with Crippen LogP contribution in [0, 0.1) is 0 Å². The molecule has 1 heterocycles. The normalized spacial score (nSPS) is 10.4. The van der Waals surface area contributed by atoms with Crippen molar-refractivity contribution in [3.63, 3.8) is 0 Å². The second kappa shape index (κ2) is 6.26. The molecule has 1 aromatic heterocycles. The van der Waals surface area contributed by atoms with E-state index in [0.717, 1.165) is 11.3 Å². The first-order chi connectivity index (χ1) is 10.8. The summed E-state index contributed by atoms with van der Waals surface area (Å²) < 4.78 is 6.61. The highest BCUT2D eigenvalue weighted by molar-refractivity contribution is 5.87. The predicted molar refractivity (Wildman–Crippen MR) is 85.0 cm³/mol. The van der Waals surface area contributed by atoms with Gasteiger partial charge in [-0.05, 0) is 36.2 Å². The number of hydrogen-bond donors (Lipinski definition) is 0. The van der Waals surface area contributed by atoms with Crippen LogP contribution in [-0.2, 0) is 4.74 Å². The molecule has 0 aliphatic carbocycles. The Labute approximate surface area is 129 Å². The number of benzene rings is 2. The molecule has 4 heteroatoms. The van der Waals surface area contributed by atoms with Crippen molar-refractivity contribution in [1.29, 1.82) is 0 Å². The first-order valence-corrected chi connectivity index (χ1v) is 7.16. The molecule has 3 aromatic rings. The van der Waals surface area contributed by atoms with Crippen molar-refractivity contribution in [2.75, 3.05) is 6.61 Å². The fourth-order valence-electron chi connectivity index (χ4n) is 2.22. The Hall–Kier alpha value is -2.88. The molecule has 22 heavy (non-hydrogen) atoms. The average Bonchev–Trinajstić information content (AvgIpc) is 3.06. The fourth-order valence-corrected chi connectivity index (χ4v) is 2.22. The van der Waals surface area contributed by atoms with Crippen LogP contribution in [0.4, 0.5) is 0 Å². The summed E-state index contributed by atoms with van der Waals surface area (Å²) in [5.41, 5.74) is 3.52. The minimum absolute atomic E-state index is 0.314. The van der Waals surface area contributed by atoms with Crippen LogP contribution in [0.5, 0.6) is 0 Å². The molecule has 0 atom stereocenters. The van der Waals surface area contributed by atoms with Crippen molar-refractivity contribution >= 4 is 5.97 Å². The third-order valence-electron chi connectivity index (χ3n) is 3.31. The average molecular weight is 292 g/mol. The minimum atomic E-state index is -0.401. The second-order valence-electron chi connectivity index (χ2n) is 4.78. The molecule has 0 aliphatic rings. The van der Waals surface area contributed by atoms with E-state index in [4.69, 9.17) is 4.74 Å². The van der Waals surface area contributed by atoms with Crippen molar-refractivity contribution < 1.29 is 9.53 Å². The number of aromatic nitrogens is 2. The van der Waals surface area contributed by atoms with Crippen molar-refractivity contribution in [1.82, 2.24) is 9.78 Å². The van der Waals surface area contributed by atoms with E-state index in [1.54, 1.807) is 23.9 Å². The van der Waals surface area contributed by atoms with Gasteiger partial charge in [0.25, 0.3) is 0 Å². The lowest BCUT2D eigenvalue weighted by Gasteiger charge is -2.04. The highest BCUT2D eigenvalue weighted by Gasteiger charge is 2.10. The summed E-state index contributed by atoms with van der Waals surface area (Å²) in [5, 5.41) is 4.24. The van der Waals surface area contributed by atoms with Crippen LogP contribution in [0.2, 0.25) is 0 Å². The van der Waals surface area contributed by atoms with Gasteiger partial charge in [0.1, 0.15) is 0 Å². The largest absolute Gasteiger partial charge is 0.461 e. The smallest absolute Gasteiger partial charge is 0.358 e. The zero-order valence-corrected chi connectivity index (χ0v) is 12.3. The predicted octanol–water partition coefficient (Wildman–Crippen LogP) is 3.72. The van der Waals surface area contributed by atoms with Crippen LogP contribution in [-0.4, -0.2) is 22.4 Å².